The van der Waals surface area contributed by atoms with Crippen LogP contribution in [-0.2, 0) is 13.0 Å². The van der Waals surface area contributed by atoms with E-state index in [2.05, 4.69) is 20.9 Å². The van der Waals surface area contributed by atoms with Gasteiger partial charge in [-0.1, -0.05) is 18.2 Å². The summed E-state index contributed by atoms with van der Waals surface area (Å²) in [7, 11) is 4.99. The van der Waals surface area contributed by atoms with Crippen LogP contribution in [0.2, 0.25) is 0 Å². The fourth-order valence-electron chi connectivity index (χ4n) is 2.85. The summed E-state index contributed by atoms with van der Waals surface area (Å²) in [6.45, 7) is 3.80. The Balaban J connectivity index is 1.86. The van der Waals surface area contributed by atoms with E-state index in [4.69, 9.17) is 9.47 Å². The largest absolute Gasteiger partial charge is 0.493 e. The van der Waals surface area contributed by atoms with E-state index < -0.39 is 0 Å². The minimum Gasteiger partial charge on any atom is -0.493 e. The summed E-state index contributed by atoms with van der Waals surface area (Å²) in [5, 5.41) is 9.38. The van der Waals surface area contributed by atoms with E-state index in [0.29, 0.717) is 31.2 Å². The van der Waals surface area contributed by atoms with E-state index in [-0.39, 0.29) is 5.91 Å². The predicted octanol–water partition coefficient (Wildman–Crippen LogP) is 2.36. The highest BCUT2D eigenvalue weighted by atomic mass is 16.5. The average molecular weight is 399 g/mol. The first-order chi connectivity index (χ1) is 14.1. The van der Waals surface area contributed by atoms with Crippen LogP contribution < -0.4 is 25.4 Å². The van der Waals surface area contributed by atoms with E-state index in [0.717, 1.165) is 29.0 Å². The van der Waals surface area contributed by atoms with Gasteiger partial charge >= 0.3 is 0 Å². The molecule has 2 aromatic rings. The monoisotopic (exact) mass is 398 g/mol. The molecule has 0 saturated heterocycles. The normalized spacial score (nSPS) is 11.0. The summed E-state index contributed by atoms with van der Waals surface area (Å²) in [5.41, 5.74) is 2.80. The molecule has 0 fully saturated rings. The molecule has 0 saturated carbocycles. The number of ether oxygens (including phenoxy) is 2. The summed E-state index contributed by atoms with van der Waals surface area (Å²) in [6, 6.07) is 13.5. The van der Waals surface area contributed by atoms with E-state index >= 15 is 0 Å². The van der Waals surface area contributed by atoms with Gasteiger partial charge in [0.2, 0.25) is 0 Å². The van der Waals surface area contributed by atoms with Crippen LogP contribution in [-0.4, -0.2) is 46.2 Å². The molecule has 7 nitrogen and oxygen atoms in total. The van der Waals surface area contributed by atoms with Crippen molar-refractivity contribution in [2.45, 2.75) is 19.9 Å². The molecule has 7 heteroatoms. The number of aliphatic imine (C=N–C) groups is 1. The molecule has 0 aliphatic rings. The van der Waals surface area contributed by atoms with Crippen molar-refractivity contribution in [1.29, 1.82) is 0 Å². The minimum absolute atomic E-state index is 0.0632. The van der Waals surface area contributed by atoms with E-state index in [1.807, 2.05) is 49.4 Å². The second kappa shape index (κ2) is 11.6. The zero-order chi connectivity index (χ0) is 21.1. The van der Waals surface area contributed by atoms with E-state index in [9.17, 15) is 4.79 Å². The zero-order valence-electron chi connectivity index (χ0n) is 17.5. The van der Waals surface area contributed by atoms with Gasteiger partial charge in [0, 0.05) is 32.2 Å². The van der Waals surface area contributed by atoms with E-state index in [1.54, 1.807) is 21.3 Å². The Morgan fingerprint density at radius 2 is 1.76 bits per heavy atom. The lowest BCUT2D eigenvalue weighted by Crippen LogP contribution is -2.37. The smallest absolute Gasteiger partial charge is 0.251 e. The first-order valence-corrected chi connectivity index (χ1v) is 9.63. The Bertz CT molecular complexity index is 837. The van der Waals surface area contributed by atoms with Gasteiger partial charge in [0.1, 0.15) is 0 Å². The van der Waals surface area contributed by atoms with Crippen LogP contribution in [0.3, 0.4) is 0 Å². The molecular weight excluding hydrogens is 368 g/mol. The topological polar surface area (TPSA) is 84.0 Å². The number of hydrogen-bond donors (Lipinski definition) is 3. The summed E-state index contributed by atoms with van der Waals surface area (Å²) >= 11 is 0. The zero-order valence-corrected chi connectivity index (χ0v) is 17.5. The number of carbonyl (C=O) groups excluding carboxylic acids is 1. The van der Waals surface area contributed by atoms with Crippen molar-refractivity contribution in [2.75, 3.05) is 34.4 Å². The molecule has 0 heterocycles. The second-order valence-corrected chi connectivity index (χ2v) is 6.35. The molecule has 0 bridgehead atoms. The maximum absolute atomic E-state index is 12.0. The Kier molecular flexibility index (Phi) is 8.82. The molecule has 156 valence electrons. The van der Waals surface area contributed by atoms with Crippen LogP contribution in [0.4, 0.5) is 0 Å². The average Bonchev–Trinajstić information content (AvgIpc) is 2.76. The number of nitrogens with zero attached hydrogens (tertiary/aromatic N) is 1. The molecule has 0 spiro atoms. The highest BCUT2D eigenvalue weighted by Gasteiger charge is 2.07. The van der Waals surface area contributed by atoms with Crippen molar-refractivity contribution >= 4 is 11.9 Å². The van der Waals surface area contributed by atoms with Crippen molar-refractivity contribution in [2.24, 2.45) is 4.99 Å². The lowest BCUT2D eigenvalue weighted by Gasteiger charge is -2.13. The lowest BCUT2D eigenvalue weighted by molar-refractivity contribution is 0.0955. The number of amides is 1. The maximum Gasteiger partial charge on any atom is 0.251 e. The van der Waals surface area contributed by atoms with Crippen LogP contribution >= 0.6 is 0 Å². The predicted molar refractivity (Wildman–Crippen MR) is 116 cm³/mol. The number of nitrogens with one attached hydrogen (secondary N) is 3. The van der Waals surface area contributed by atoms with Crippen molar-refractivity contribution in [1.82, 2.24) is 16.0 Å². The molecule has 0 aromatic heterocycles. The number of hydrogen-bond acceptors (Lipinski definition) is 4. The summed E-state index contributed by atoms with van der Waals surface area (Å²) < 4.78 is 10.6. The molecule has 29 heavy (non-hydrogen) atoms. The lowest BCUT2D eigenvalue weighted by atomic mass is 10.1. The summed E-state index contributed by atoms with van der Waals surface area (Å²) in [5.74, 6) is 2.08. The van der Waals surface area contributed by atoms with Crippen molar-refractivity contribution in [3.63, 3.8) is 0 Å². The molecule has 0 aliphatic heterocycles. The van der Waals surface area contributed by atoms with Crippen LogP contribution in [0, 0.1) is 0 Å². The van der Waals surface area contributed by atoms with Gasteiger partial charge < -0.3 is 25.4 Å². The molecule has 1 amide bonds. The molecule has 3 N–H and O–H groups in total. The Hall–Kier alpha value is -3.22. The van der Waals surface area contributed by atoms with E-state index in [1.165, 1.54) is 0 Å². The third-order valence-electron chi connectivity index (χ3n) is 4.36. The van der Waals surface area contributed by atoms with Gasteiger partial charge in [-0.25, -0.2) is 0 Å². The first-order valence-electron chi connectivity index (χ1n) is 9.63. The quantitative estimate of drug-likeness (QED) is 0.446. The first kappa shape index (κ1) is 22.1. The molecule has 0 aliphatic carbocycles. The van der Waals surface area contributed by atoms with Gasteiger partial charge in [-0.05, 0) is 48.7 Å². The second-order valence-electron chi connectivity index (χ2n) is 6.35. The van der Waals surface area contributed by atoms with Gasteiger partial charge in [0.25, 0.3) is 5.91 Å². The van der Waals surface area contributed by atoms with Gasteiger partial charge in [-0.2, -0.15) is 0 Å². The number of guanidine groups is 1. The molecule has 0 unspecified atom stereocenters. The third kappa shape index (κ3) is 6.71. The third-order valence-corrected chi connectivity index (χ3v) is 4.36. The standard InChI is InChI=1S/C22H30N4O3/c1-5-24-21(27)18-8-6-7-17(13-18)15-26-22(23-2)25-12-11-16-9-10-19(28-3)20(14-16)29-4/h6-10,13-14H,5,11-12,15H2,1-4H3,(H,24,27)(H2,23,25,26). The number of carbonyl (C=O) groups is 1. The van der Waals surface area contributed by atoms with Crippen molar-refractivity contribution < 1.29 is 14.3 Å². The molecule has 2 rings (SSSR count). The molecule has 2 aromatic carbocycles. The molecule has 0 radical (unpaired) electrons. The molecular formula is C22H30N4O3. The number of rotatable bonds is 9. The van der Waals surface area contributed by atoms with Crippen molar-refractivity contribution in [3.8, 4) is 11.5 Å². The Morgan fingerprint density at radius 3 is 2.45 bits per heavy atom. The summed E-state index contributed by atoms with van der Waals surface area (Å²) in [6.07, 6.45) is 0.813. The molecule has 0 atom stereocenters. The van der Waals surface area contributed by atoms with Crippen LogP contribution in [0.5, 0.6) is 11.5 Å². The highest BCUT2D eigenvalue weighted by molar-refractivity contribution is 5.94. The highest BCUT2D eigenvalue weighted by Crippen LogP contribution is 2.27. The SMILES string of the molecule is CCNC(=O)c1cccc(CNC(=NC)NCCc2ccc(OC)c(OC)c2)c1. The van der Waals surface area contributed by atoms with Gasteiger partial charge in [0.15, 0.2) is 17.5 Å². The van der Waals surface area contributed by atoms with Gasteiger partial charge in [0.05, 0.1) is 14.2 Å². The maximum atomic E-state index is 12.0. The Labute approximate surface area is 172 Å². The number of methoxy groups -OCH3 is 2. The minimum atomic E-state index is -0.0632. The fraction of sp³-hybridized carbons (Fsp3) is 0.364. The van der Waals surface area contributed by atoms with Crippen LogP contribution in [0.1, 0.15) is 28.4 Å². The van der Waals surface area contributed by atoms with Crippen LogP contribution in [0.15, 0.2) is 47.5 Å². The number of benzene rings is 2. The van der Waals surface area contributed by atoms with Gasteiger partial charge in [-0.3, -0.25) is 9.79 Å². The fourth-order valence-corrected chi connectivity index (χ4v) is 2.85. The van der Waals surface area contributed by atoms with Crippen molar-refractivity contribution in [3.05, 3.63) is 59.2 Å². The van der Waals surface area contributed by atoms with Gasteiger partial charge in [-0.15, -0.1) is 0 Å². The summed E-state index contributed by atoms with van der Waals surface area (Å²) in [4.78, 5) is 16.2. The Morgan fingerprint density at radius 1 is 0.966 bits per heavy atom. The van der Waals surface area contributed by atoms with Crippen LogP contribution in [0.25, 0.3) is 0 Å².